The van der Waals surface area contributed by atoms with Crippen LogP contribution in [0.25, 0.3) is 0 Å². The maximum absolute atomic E-state index is 11.8. The fourth-order valence-electron chi connectivity index (χ4n) is 1.14. The molecule has 1 rings (SSSR count). The second-order valence-corrected chi connectivity index (χ2v) is 6.66. The van der Waals surface area contributed by atoms with E-state index in [0.29, 0.717) is 12.2 Å². The molecule has 0 spiro atoms. The molecular weight excluding hydrogens is 218 g/mol. The predicted molar refractivity (Wildman–Crippen MR) is 61.0 cm³/mol. The van der Waals surface area contributed by atoms with E-state index in [0.717, 1.165) is 5.75 Å². The lowest BCUT2D eigenvalue weighted by Gasteiger charge is -2.27. The molecular formula is C9H15NO2S2. The van der Waals surface area contributed by atoms with E-state index >= 15 is 0 Å². The zero-order valence-electron chi connectivity index (χ0n) is 8.41. The molecule has 0 saturated carbocycles. The van der Waals surface area contributed by atoms with E-state index in [1.54, 1.807) is 21.6 Å². The zero-order valence-corrected chi connectivity index (χ0v) is 10.0. The molecule has 1 aliphatic rings. The Kier molecular flexibility index (Phi) is 3.89. The summed E-state index contributed by atoms with van der Waals surface area (Å²) in [5.41, 5.74) is 4.90. The monoisotopic (exact) mass is 233 g/mol. The quantitative estimate of drug-likeness (QED) is 0.697. The van der Waals surface area contributed by atoms with Crippen molar-refractivity contribution in [2.45, 2.75) is 20.3 Å². The molecule has 1 aliphatic heterocycles. The van der Waals surface area contributed by atoms with Crippen LogP contribution in [0.3, 0.4) is 0 Å². The molecule has 0 radical (unpaired) electrons. The van der Waals surface area contributed by atoms with Crippen molar-refractivity contribution >= 4 is 33.3 Å². The van der Waals surface area contributed by atoms with Crippen LogP contribution in [0.15, 0.2) is 0 Å². The van der Waals surface area contributed by atoms with Gasteiger partial charge < -0.3 is 5.73 Å². The fourth-order valence-corrected chi connectivity index (χ4v) is 4.14. The van der Waals surface area contributed by atoms with E-state index in [9.17, 15) is 9.59 Å². The highest BCUT2D eigenvalue weighted by molar-refractivity contribution is 8.76. The standard InChI is InChI=1S/C9H15NO2S2/c1-9(2)5-14-13-4-6(8(10)12)3-7(9)11/h6H,3-5H2,1-2H3,(H2,10,12). The first-order valence-corrected chi connectivity index (χ1v) is 6.99. The molecule has 5 heteroatoms. The molecule has 0 bridgehead atoms. The molecule has 14 heavy (non-hydrogen) atoms. The number of Topliss-reactive ketones (excluding diaryl/α,β-unsaturated/α-hetero) is 1. The minimum atomic E-state index is -0.357. The molecule has 2 N–H and O–H groups in total. The number of rotatable bonds is 1. The molecule has 1 heterocycles. The van der Waals surface area contributed by atoms with Crippen molar-refractivity contribution in [3.63, 3.8) is 0 Å². The molecule has 1 atom stereocenters. The second-order valence-electron chi connectivity index (χ2n) is 4.16. The Morgan fingerprint density at radius 2 is 2.14 bits per heavy atom. The van der Waals surface area contributed by atoms with Gasteiger partial charge in [-0.2, -0.15) is 0 Å². The first kappa shape index (κ1) is 11.9. The second kappa shape index (κ2) is 4.57. The Morgan fingerprint density at radius 3 is 2.71 bits per heavy atom. The minimum Gasteiger partial charge on any atom is -0.369 e. The van der Waals surface area contributed by atoms with Gasteiger partial charge in [0.05, 0.1) is 5.92 Å². The lowest BCUT2D eigenvalue weighted by Crippen LogP contribution is -2.35. The summed E-state index contributed by atoms with van der Waals surface area (Å²) in [5, 5.41) is 0. The summed E-state index contributed by atoms with van der Waals surface area (Å²) in [5.74, 6) is 0.960. The Hall–Kier alpha value is -0.160. The Balaban J connectivity index is 2.71. The van der Waals surface area contributed by atoms with Crippen molar-refractivity contribution < 1.29 is 9.59 Å². The van der Waals surface area contributed by atoms with Crippen LogP contribution in [-0.4, -0.2) is 23.2 Å². The number of nitrogens with two attached hydrogens (primary N) is 1. The number of hydrogen-bond donors (Lipinski definition) is 1. The summed E-state index contributed by atoms with van der Waals surface area (Å²) in [6.45, 7) is 3.85. The number of ketones is 1. The van der Waals surface area contributed by atoms with Crippen LogP contribution in [0.5, 0.6) is 0 Å². The molecule has 0 aromatic carbocycles. The van der Waals surface area contributed by atoms with Crippen LogP contribution in [0.4, 0.5) is 0 Å². The first-order chi connectivity index (χ1) is 6.43. The van der Waals surface area contributed by atoms with E-state index in [-0.39, 0.29) is 23.0 Å². The lowest BCUT2D eigenvalue weighted by molar-refractivity contribution is -0.130. The highest BCUT2D eigenvalue weighted by atomic mass is 33.1. The summed E-state index contributed by atoms with van der Waals surface area (Å²) in [6.07, 6.45) is 0.301. The number of carbonyl (C=O) groups excluding carboxylic acids is 2. The summed E-state index contributed by atoms with van der Waals surface area (Å²) < 4.78 is 0. The van der Waals surface area contributed by atoms with Crippen LogP contribution in [-0.2, 0) is 9.59 Å². The summed E-state index contributed by atoms with van der Waals surface area (Å²) in [7, 11) is 3.28. The van der Waals surface area contributed by atoms with E-state index < -0.39 is 0 Å². The van der Waals surface area contributed by atoms with Gasteiger partial charge in [-0.25, -0.2) is 0 Å². The van der Waals surface area contributed by atoms with Crippen molar-refractivity contribution in [2.24, 2.45) is 17.1 Å². The Labute approximate surface area is 92.0 Å². The largest absolute Gasteiger partial charge is 0.369 e. The highest BCUT2D eigenvalue weighted by Crippen LogP contribution is 2.36. The third-order valence-electron chi connectivity index (χ3n) is 2.36. The van der Waals surface area contributed by atoms with Gasteiger partial charge in [0.25, 0.3) is 0 Å². The average molecular weight is 233 g/mol. The predicted octanol–water partition coefficient (Wildman–Crippen LogP) is 1.47. The maximum Gasteiger partial charge on any atom is 0.221 e. The first-order valence-electron chi connectivity index (χ1n) is 4.50. The maximum atomic E-state index is 11.8. The van der Waals surface area contributed by atoms with Crippen LogP contribution in [0.1, 0.15) is 20.3 Å². The van der Waals surface area contributed by atoms with Crippen LogP contribution >= 0.6 is 21.6 Å². The van der Waals surface area contributed by atoms with Gasteiger partial charge in [0.1, 0.15) is 5.78 Å². The van der Waals surface area contributed by atoms with Gasteiger partial charge in [-0.15, -0.1) is 0 Å². The van der Waals surface area contributed by atoms with Crippen molar-refractivity contribution in [1.82, 2.24) is 0 Å². The van der Waals surface area contributed by atoms with Gasteiger partial charge in [-0.3, -0.25) is 9.59 Å². The van der Waals surface area contributed by atoms with Gasteiger partial charge in [0.15, 0.2) is 0 Å². The third-order valence-corrected chi connectivity index (χ3v) is 5.17. The number of primary amides is 1. The molecule has 80 valence electrons. The summed E-state index contributed by atoms with van der Waals surface area (Å²) in [6, 6.07) is 0. The van der Waals surface area contributed by atoms with Crippen LogP contribution in [0.2, 0.25) is 0 Å². The molecule has 1 unspecified atom stereocenters. The molecule has 0 aromatic heterocycles. The zero-order chi connectivity index (χ0) is 10.8. The minimum absolute atomic E-state index is 0.147. The Bertz CT molecular complexity index is 253. The lowest BCUT2D eigenvalue weighted by atomic mass is 9.85. The molecule has 1 amide bonds. The number of hydrogen-bond acceptors (Lipinski definition) is 4. The highest BCUT2D eigenvalue weighted by Gasteiger charge is 2.33. The number of amides is 1. The SMILES string of the molecule is CC1(C)CSSCC(C(N)=O)CC1=O. The van der Waals surface area contributed by atoms with Gasteiger partial charge in [-0.05, 0) is 0 Å². The van der Waals surface area contributed by atoms with Crippen molar-refractivity contribution in [3.8, 4) is 0 Å². The van der Waals surface area contributed by atoms with Crippen molar-refractivity contribution in [3.05, 3.63) is 0 Å². The molecule has 0 aliphatic carbocycles. The fraction of sp³-hybridized carbons (Fsp3) is 0.778. The van der Waals surface area contributed by atoms with Gasteiger partial charge >= 0.3 is 0 Å². The van der Waals surface area contributed by atoms with Crippen molar-refractivity contribution in [2.75, 3.05) is 11.5 Å². The van der Waals surface area contributed by atoms with Crippen LogP contribution < -0.4 is 5.73 Å². The molecule has 3 nitrogen and oxygen atoms in total. The van der Waals surface area contributed by atoms with Crippen molar-refractivity contribution in [1.29, 1.82) is 0 Å². The van der Waals surface area contributed by atoms with Gasteiger partial charge in [0.2, 0.25) is 5.91 Å². The van der Waals surface area contributed by atoms with Gasteiger partial charge in [-0.1, -0.05) is 35.4 Å². The van der Waals surface area contributed by atoms with Crippen LogP contribution in [0, 0.1) is 11.3 Å². The van der Waals surface area contributed by atoms with E-state index in [4.69, 9.17) is 5.73 Å². The molecule has 1 fully saturated rings. The van der Waals surface area contributed by atoms with E-state index in [2.05, 4.69) is 0 Å². The molecule has 0 aromatic rings. The number of carbonyl (C=O) groups is 2. The summed E-state index contributed by atoms with van der Waals surface area (Å²) in [4.78, 5) is 22.8. The average Bonchev–Trinajstić information content (AvgIpc) is 2.07. The molecule has 1 saturated heterocycles. The van der Waals surface area contributed by atoms with E-state index in [1.807, 2.05) is 13.8 Å². The normalized spacial score (nSPS) is 27.9. The summed E-state index contributed by atoms with van der Waals surface area (Å²) >= 11 is 0. The smallest absolute Gasteiger partial charge is 0.221 e. The topological polar surface area (TPSA) is 60.2 Å². The van der Waals surface area contributed by atoms with Gasteiger partial charge in [0, 0.05) is 23.3 Å². The van der Waals surface area contributed by atoms with E-state index in [1.165, 1.54) is 0 Å². The Morgan fingerprint density at radius 1 is 1.50 bits per heavy atom. The third kappa shape index (κ3) is 2.92.